The molecule has 0 spiro atoms. The van der Waals surface area contributed by atoms with Crippen LogP contribution < -0.4 is 5.32 Å². The molecule has 2 atom stereocenters. The van der Waals surface area contributed by atoms with Crippen molar-refractivity contribution in [2.75, 3.05) is 26.2 Å². The number of carboxylic acids is 1. The first-order valence-corrected chi connectivity index (χ1v) is 7.89. The van der Waals surface area contributed by atoms with E-state index in [0.717, 1.165) is 25.8 Å². The largest absolute Gasteiger partial charge is 0.481 e. The molecule has 4 heteroatoms. The van der Waals surface area contributed by atoms with Crippen molar-refractivity contribution in [3.63, 3.8) is 0 Å². The summed E-state index contributed by atoms with van der Waals surface area (Å²) in [6.45, 7) is 6.74. The molecule has 1 heterocycles. The highest BCUT2D eigenvalue weighted by Crippen LogP contribution is 2.31. The maximum atomic E-state index is 11.1. The number of nitrogens with zero attached hydrogens (tertiary/aromatic N) is 1. The molecule has 2 rings (SSSR count). The van der Waals surface area contributed by atoms with Gasteiger partial charge in [-0.05, 0) is 64.2 Å². The molecule has 2 unspecified atom stereocenters. The standard InChI is InChI=1S/C15H28N2O2/c1-2-8-17-9-6-13(7-10-17)16-11-12-4-3-5-14(12)15(18)19/h12-14,16H,2-11H2,1H3,(H,18,19). The topological polar surface area (TPSA) is 52.6 Å². The van der Waals surface area contributed by atoms with Gasteiger partial charge in [-0.15, -0.1) is 0 Å². The lowest BCUT2D eigenvalue weighted by Crippen LogP contribution is -2.44. The van der Waals surface area contributed by atoms with Crippen LogP contribution >= 0.6 is 0 Å². The van der Waals surface area contributed by atoms with E-state index in [-0.39, 0.29) is 5.92 Å². The Balaban J connectivity index is 1.67. The molecule has 0 aromatic rings. The van der Waals surface area contributed by atoms with Gasteiger partial charge in [-0.2, -0.15) is 0 Å². The van der Waals surface area contributed by atoms with Crippen LogP contribution in [0.1, 0.15) is 45.4 Å². The second kappa shape index (κ2) is 7.25. The third kappa shape index (κ3) is 4.18. The summed E-state index contributed by atoms with van der Waals surface area (Å²) in [7, 11) is 0. The van der Waals surface area contributed by atoms with Gasteiger partial charge in [0.1, 0.15) is 0 Å². The molecule has 1 saturated heterocycles. The molecule has 1 aliphatic heterocycles. The normalized spacial score (nSPS) is 29.7. The molecular weight excluding hydrogens is 240 g/mol. The summed E-state index contributed by atoms with van der Waals surface area (Å²) in [6, 6.07) is 0.600. The SMILES string of the molecule is CCCN1CCC(NCC2CCCC2C(=O)O)CC1. The van der Waals surface area contributed by atoms with E-state index in [1.165, 1.54) is 38.9 Å². The van der Waals surface area contributed by atoms with Crippen molar-refractivity contribution < 1.29 is 9.90 Å². The van der Waals surface area contributed by atoms with Gasteiger partial charge in [-0.25, -0.2) is 0 Å². The molecule has 0 radical (unpaired) electrons. The number of hydrogen-bond donors (Lipinski definition) is 2. The zero-order valence-corrected chi connectivity index (χ0v) is 12.1. The predicted octanol–water partition coefficient (Wildman–Crippen LogP) is 1.95. The van der Waals surface area contributed by atoms with Crippen molar-refractivity contribution in [2.24, 2.45) is 11.8 Å². The average Bonchev–Trinajstić information content (AvgIpc) is 2.87. The molecule has 19 heavy (non-hydrogen) atoms. The molecule has 0 bridgehead atoms. The second-order valence-electron chi connectivity index (χ2n) is 6.16. The molecule has 0 aromatic carbocycles. The summed E-state index contributed by atoms with van der Waals surface area (Å²) in [4.78, 5) is 13.7. The van der Waals surface area contributed by atoms with Crippen molar-refractivity contribution in [3.05, 3.63) is 0 Å². The Bertz CT molecular complexity index is 288. The van der Waals surface area contributed by atoms with Gasteiger partial charge in [0.15, 0.2) is 0 Å². The molecule has 1 aliphatic carbocycles. The number of carboxylic acid groups (broad SMARTS) is 1. The maximum Gasteiger partial charge on any atom is 0.306 e. The number of hydrogen-bond acceptors (Lipinski definition) is 3. The fourth-order valence-electron chi connectivity index (χ4n) is 3.60. The number of carbonyl (C=O) groups is 1. The minimum Gasteiger partial charge on any atom is -0.481 e. The van der Waals surface area contributed by atoms with Crippen molar-refractivity contribution in [2.45, 2.75) is 51.5 Å². The fraction of sp³-hybridized carbons (Fsp3) is 0.933. The predicted molar refractivity (Wildman–Crippen MR) is 76.2 cm³/mol. The Kier molecular flexibility index (Phi) is 5.64. The summed E-state index contributed by atoms with van der Waals surface area (Å²) in [5.74, 6) is -0.346. The Labute approximate surface area is 116 Å². The van der Waals surface area contributed by atoms with E-state index in [1.807, 2.05) is 0 Å². The van der Waals surface area contributed by atoms with Gasteiger partial charge in [0, 0.05) is 6.04 Å². The number of piperidine rings is 1. The van der Waals surface area contributed by atoms with E-state index in [2.05, 4.69) is 17.1 Å². The molecule has 2 N–H and O–H groups in total. The highest BCUT2D eigenvalue weighted by molar-refractivity contribution is 5.70. The van der Waals surface area contributed by atoms with Crippen LogP contribution in [-0.4, -0.2) is 48.2 Å². The van der Waals surface area contributed by atoms with E-state index in [4.69, 9.17) is 0 Å². The number of aliphatic carboxylic acids is 1. The van der Waals surface area contributed by atoms with Gasteiger partial charge in [0.25, 0.3) is 0 Å². The van der Waals surface area contributed by atoms with E-state index in [0.29, 0.717) is 12.0 Å². The summed E-state index contributed by atoms with van der Waals surface area (Å²) >= 11 is 0. The minimum absolute atomic E-state index is 0.104. The molecule has 2 fully saturated rings. The summed E-state index contributed by atoms with van der Waals surface area (Å²) in [5.41, 5.74) is 0. The van der Waals surface area contributed by atoms with Crippen LogP contribution in [0.3, 0.4) is 0 Å². The number of likely N-dealkylation sites (tertiary alicyclic amines) is 1. The Morgan fingerprint density at radius 1 is 1.26 bits per heavy atom. The fourth-order valence-corrected chi connectivity index (χ4v) is 3.60. The van der Waals surface area contributed by atoms with Crippen LogP contribution in [0.5, 0.6) is 0 Å². The first kappa shape index (κ1) is 14.8. The molecule has 0 aromatic heterocycles. The Morgan fingerprint density at radius 2 is 2.00 bits per heavy atom. The highest BCUT2D eigenvalue weighted by Gasteiger charge is 2.33. The van der Waals surface area contributed by atoms with Gasteiger partial charge in [0.05, 0.1) is 5.92 Å². The number of rotatable bonds is 6. The van der Waals surface area contributed by atoms with Gasteiger partial charge in [-0.1, -0.05) is 13.3 Å². The molecule has 110 valence electrons. The summed E-state index contributed by atoms with van der Waals surface area (Å²) < 4.78 is 0. The van der Waals surface area contributed by atoms with Gasteiger partial charge >= 0.3 is 5.97 Å². The Hall–Kier alpha value is -0.610. The summed E-state index contributed by atoms with van der Waals surface area (Å²) in [5, 5.41) is 12.8. The van der Waals surface area contributed by atoms with Crippen LogP contribution in [0.4, 0.5) is 0 Å². The summed E-state index contributed by atoms with van der Waals surface area (Å²) in [6.07, 6.45) is 6.70. The zero-order valence-electron chi connectivity index (χ0n) is 12.1. The first-order valence-electron chi connectivity index (χ1n) is 7.89. The lowest BCUT2D eigenvalue weighted by Gasteiger charge is -2.33. The molecule has 4 nitrogen and oxygen atoms in total. The lowest BCUT2D eigenvalue weighted by atomic mass is 9.95. The van der Waals surface area contributed by atoms with Crippen LogP contribution in [0.15, 0.2) is 0 Å². The van der Waals surface area contributed by atoms with Gasteiger partial charge in [-0.3, -0.25) is 4.79 Å². The first-order chi connectivity index (χ1) is 9.20. The molecule has 0 amide bonds. The van der Waals surface area contributed by atoms with Crippen LogP contribution in [-0.2, 0) is 4.79 Å². The smallest absolute Gasteiger partial charge is 0.306 e. The van der Waals surface area contributed by atoms with Gasteiger partial charge < -0.3 is 15.3 Å². The molecular formula is C15H28N2O2. The van der Waals surface area contributed by atoms with Crippen LogP contribution in [0, 0.1) is 11.8 Å². The van der Waals surface area contributed by atoms with Gasteiger partial charge in [0.2, 0.25) is 0 Å². The average molecular weight is 268 g/mol. The number of nitrogens with one attached hydrogen (secondary N) is 1. The zero-order chi connectivity index (χ0) is 13.7. The maximum absolute atomic E-state index is 11.1. The molecule has 2 aliphatic rings. The monoisotopic (exact) mass is 268 g/mol. The van der Waals surface area contributed by atoms with Crippen molar-refractivity contribution in [3.8, 4) is 0 Å². The third-order valence-electron chi connectivity index (χ3n) is 4.77. The van der Waals surface area contributed by atoms with Crippen molar-refractivity contribution in [1.29, 1.82) is 0 Å². The third-order valence-corrected chi connectivity index (χ3v) is 4.77. The lowest BCUT2D eigenvalue weighted by molar-refractivity contribution is -0.142. The van der Waals surface area contributed by atoms with Crippen LogP contribution in [0.25, 0.3) is 0 Å². The quantitative estimate of drug-likeness (QED) is 0.773. The van der Waals surface area contributed by atoms with Crippen LogP contribution in [0.2, 0.25) is 0 Å². The van der Waals surface area contributed by atoms with Crippen molar-refractivity contribution >= 4 is 5.97 Å². The van der Waals surface area contributed by atoms with E-state index < -0.39 is 5.97 Å². The van der Waals surface area contributed by atoms with E-state index in [1.54, 1.807) is 0 Å². The van der Waals surface area contributed by atoms with Crippen molar-refractivity contribution in [1.82, 2.24) is 10.2 Å². The van der Waals surface area contributed by atoms with E-state index >= 15 is 0 Å². The Morgan fingerprint density at radius 3 is 2.63 bits per heavy atom. The highest BCUT2D eigenvalue weighted by atomic mass is 16.4. The van der Waals surface area contributed by atoms with E-state index in [9.17, 15) is 9.90 Å². The minimum atomic E-state index is -0.595. The molecule has 1 saturated carbocycles. The second-order valence-corrected chi connectivity index (χ2v) is 6.16.